The van der Waals surface area contributed by atoms with Crippen molar-refractivity contribution in [2.45, 2.75) is 59.3 Å². The quantitative estimate of drug-likeness (QED) is 0.0495. The van der Waals surface area contributed by atoms with E-state index in [0.29, 0.717) is 67.7 Å². The zero-order valence-corrected chi connectivity index (χ0v) is 32.8. The first-order valence-electron chi connectivity index (χ1n) is 17.1. The van der Waals surface area contributed by atoms with E-state index in [4.69, 9.17) is 18.9 Å². The van der Waals surface area contributed by atoms with Gasteiger partial charge in [0.1, 0.15) is 11.5 Å². The average molecular weight is 782 g/mol. The molecule has 52 heavy (non-hydrogen) atoms. The number of hydrogen-bond acceptors (Lipinski definition) is 12. The molecule has 0 bridgehead atoms. The van der Waals surface area contributed by atoms with Crippen molar-refractivity contribution in [1.82, 2.24) is 0 Å². The number of esters is 2. The maximum absolute atomic E-state index is 11.2. The zero-order valence-electron chi connectivity index (χ0n) is 29.9. The van der Waals surface area contributed by atoms with E-state index in [9.17, 15) is 9.59 Å². The molecule has 0 aliphatic heterocycles. The summed E-state index contributed by atoms with van der Waals surface area (Å²) in [5.74, 6) is 1.13. The SMILES string of the molecule is CCC(=O)OCCCCOc1ccc(N=Nc2ccc(N=Nc3ccc(N=Nc4ccc(OCCCCOC(=O)CC)cc4)cc3C)cc2)cc1.[Y]. The third-order valence-corrected chi connectivity index (χ3v) is 7.26. The summed E-state index contributed by atoms with van der Waals surface area (Å²) in [5.41, 5.74) is 5.14. The van der Waals surface area contributed by atoms with Crippen LogP contribution in [0.4, 0.5) is 34.1 Å². The van der Waals surface area contributed by atoms with Crippen molar-refractivity contribution >= 4 is 46.1 Å². The summed E-state index contributed by atoms with van der Waals surface area (Å²) in [7, 11) is 0. The molecule has 0 spiro atoms. The predicted octanol–water partition coefficient (Wildman–Crippen LogP) is 11.5. The summed E-state index contributed by atoms with van der Waals surface area (Å²) in [6, 6.07) is 27.7. The Balaban J connectivity index is 0.00000729. The van der Waals surface area contributed by atoms with E-state index in [-0.39, 0.29) is 44.6 Å². The van der Waals surface area contributed by atoms with Crippen LogP contribution in [-0.2, 0) is 51.8 Å². The van der Waals surface area contributed by atoms with E-state index >= 15 is 0 Å². The molecule has 4 rings (SSSR count). The molecular weight excluding hydrogens is 737 g/mol. The van der Waals surface area contributed by atoms with Crippen molar-refractivity contribution in [3.63, 3.8) is 0 Å². The summed E-state index contributed by atoms with van der Waals surface area (Å²) in [6.07, 6.45) is 3.91. The van der Waals surface area contributed by atoms with E-state index in [1.165, 1.54) is 0 Å². The topological polar surface area (TPSA) is 145 Å². The minimum Gasteiger partial charge on any atom is -0.494 e. The van der Waals surface area contributed by atoms with Crippen LogP contribution in [0.15, 0.2) is 122 Å². The van der Waals surface area contributed by atoms with Crippen molar-refractivity contribution in [3.8, 4) is 11.5 Å². The van der Waals surface area contributed by atoms with Crippen LogP contribution < -0.4 is 9.47 Å². The van der Waals surface area contributed by atoms with Gasteiger partial charge in [0.25, 0.3) is 0 Å². The Morgan fingerprint density at radius 3 is 1.23 bits per heavy atom. The zero-order chi connectivity index (χ0) is 36.1. The van der Waals surface area contributed by atoms with E-state index in [0.717, 1.165) is 48.4 Å². The molecule has 0 aliphatic rings. The van der Waals surface area contributed by atoms with Crippen molar-refractivity contribution in [3.05, 3.63) is 96.6 Å². The Hall–Kier alpha value is -4.68. The first-order chi connectivity index (χ1) is 24.9. The molecule has 269 valence electrons. The van der Waals surface area contributed by atoms with Crippen LogP contribution in [0.1, 0.15) is 57.9 Å². The molecule has 13 heteroatoms. The fraction of sp³-hybridized carbons (Fsp3) is 0.333. The molecular formula is C39H44N6O6Y. The molecule has 0 aromatic heterocycles. The third kappa shape index (κ3) is 15.7. The molecule has 0 saturated carbocycles. The second-order valence-corrected chi connectivity index (χ2v) is 11.3. The number of hydrogen-bond donors (Lipinski definition) is 0. The number of unbranched alkanes of at least 4 members (excludes halogenated alkanes) is 2. The Morgan fingerprint density at radius 2 is 0.827 bits per heavy atom. The Labute approximate surface area is 330 Å². The second-order valence-electron chi connectivity index (χ2n) is 11.3. The fourth-order valence-electron chi connectivity index (χ4n) is 4.33. The summed E-state index contributed by atoms with van der Waals surface area (Å²) in [4.78, 5) is 22.3. The van der Waals surface area contributed by atoms with Gasteiger partial charge in [0.05, 0.1) is 60.6 Å². The fourth-order valence-corrected chi connectivity index (χ4v) is 4.33. The summed E-state index contributed by atoms with van der Waals surface area (Å²) in [5, 5.41) is 26.1. The molecule has 0 saturated heterocycles. The number of rotatable bonds is 20. The molecule has 0 amide bonds. The summed E-state index contributed by atoms with van der Waals surface area (Å²) in [6.45, 7) is 7.43. The summed E-state index contributed by atoms with van der Waals surface area (Å²) < 4.78 is 21.6. The molecule has 12 nitrogen and oxygen atoms in total. The van der Waals surface area contributed by atoms with Crippen LogP contribution in [0, 0.1) is 6.92 Å². The van der Waals surface area contributed by atoms with E-state index in [1.54, 1.807) is 13.8 Å². The van der Waals surface area contributed by atoms with Gasteiger partial charge in [-0.25, -0.2) is 0 Å². The number of aryl methyl sites for hydroxylation is 1. The van der Waals surface area contributed by atoms with E-state index in [2.05, 4.69) is 30.7 Å². The number of azo groups is 3. The Morgan fingerprint density at radius 1 is 0.481 bits per heavy atom. The van der Waals surface area contributed by atoms with Crippen molar-refractivity contribution in [1.29, 1.82) is 0 Å². The monoisotopic (exact) mass is 781 g/mol. The van der Waals surface area contributed by atoms with Gasteiger partial charge in [0.2, 0.25) is 0 Å². The molecule has 0 unspecified atom stereocenters. The smallest absolute Gasteiger partial charge is 0.305 e. The number of carbonyl (C=O) groups excluding carboxylic acids is 2. The molecule has 0 fully saturated rings. The number of nitrogens with zero attached hydrogens (tertiary/aromatic N) is 6. The largest absolute Gasteiger partial charge is 0.494 e. The maximum Gasteiger partial charge on any atom is 0.305 e. The standard InChI is InChI=1S/C39H44N6O6.Y/c1-4-38(46)50-26-8-6-24-48-35-19-14-32(15-20-35)41-40-30-10-12-31(13-11-30)43-45-37-23-18-34(28-29(37)3)44-42-33-16-21-36(22-17-33)49-25-7-9-27-51-39(47)5-2;/h10-23,28H,4-9,24-27H2,1-3H3;. The first kappa shape index (κ1) is 41.7. The normalized spacial score (nSPS) is 11.1. The van der Waals surface area contributed by atoms with Crippen LogP contribution in [0.3, 0.4) is 0 Å². The van der Waals surface area contributed by atoms with Crippen LogP contribution in [0.2, 0.25) is 0 Å². The first-order valence-corrected chi connectivity index (χ1v) is 17.1. The molecule has 0 N–H and O–H groups in total. The molecule has 0 aliphatic carbocycles. The Bertz CT molecular complexity index is 1760. The van der Waals surface area contributed by atoms with E-state index in [1.807, 2.05) is 97.9 Å². The number of benzene rings is 4. The van der Waals surface area contributed by atoms with Crippen LogP contribution in [0.5, 0.6) is 11.5 Å². The van der Waals surface area contributed by atoms with Gasteiger partial charge < -0.3 is 18.9 Å². The Kier molecular flexibility index (Phi) is 19.1. The van der Waals surface area contributed by atoms with E-state index < -0.39 is 0 Å². The molecule has 1 radical (unpaired) electrons. The van der Waals surface area contributed by atoms with Gasteiger partial charge in [-0.15, -0.1) is 0 Å². The van der Waals surface area contributed by atoms with Gasteiger partial charge in [-0.2, -0.15) is 30.7 Å². The van der Waals surface area contributed by atoms with Crippen LogP contribution in [-0.4, -0.2) is 38.4 Å². The summed E-state index contributed by atoms with van der Waals surface area (Å²) >= 11 is 0. The minimum absolute atomic E-state index is 0. The molecule has 4 aromatic rings. The van der Waals surface area contributed by atoms with Gasteiger partial charge in [-0.3, -0.25) is 9.59 Å². The van der Waals surface area contributed by atoms with Crippen molar-refractivity contribution in [2.75, 3.05) is 26.4 Å². The van der Waals surface area contributed by atoms with Crippen LogP contribution in [0.25, 0.3) is 0 Å². The molecule has 0 atom stereocenters. The maximum atomic E-state index is 11.2. The average Bonchev–Trinajstić information content (AvgIpc) is 3.16. The van der Waals surface area contributed by atoms with Gasteiger partial charge in [0.15, 0.2) is 0 Å². The van der Waals surface area contributed by atoms with Crippen molar-refractivity contribution in [2.24, 2.45) is 30.7 Å². The molecule has 0 heterocycles. The number of carbonyl (C=O) groups is 2. The third-order valence-electron chi connectivity index (χ3n) is 7.26. The van der Waals surface area contributed by atoms with Gasteiger partial charge in [-0.1, -0.05) is 13.8 Å². The van der Waals surface area contributed by atoms with Crippen LogP contribution >= 0.6 is 0 Å². The van der Waals surface area contributed by atoms with Gasteiger partial charge in [0, 0.05) is 45.6 Å². The molecule has 4 aromatic carbocycles. The van der Waals surface area contributed by atoms with Gasteiger partial charge >= 0.3 is 11.9 Å². The van der Waals surface area contributed by atoms with Crippen molar-refractivity contribution < 1.29 is 61.2 Å². The number of ether oxygens (including phenoxy) is 4. The van der Waals surface area contributed by atoms with Gasteiger partial charge in [-0.05, 0) is 129 Å². The minimum atomic E-state index is -0.179. The second kappa shape index (κ2) is 23.7. The predicted molar refractivity (Wildman–Crippen MR) is 195 cm³/mol.